The van der Waals surface area contributed by atoms with Gasteiger partial charge in [0.05, 0.1) is 13.3 Å². The van der Waals surface area contributed by atoms with Crippen LogP contribution in [0.15, 0.2) is 0 Å². The lowest BCUT2D eigenvalue weighted by Crippen LogP contribution is -2.23. The summed E-state index contributed by atoms with van der Waals surface area (Å²) in [6.07, 6.45) is 4.63. The van der Waals surface area contributed by atoms with E-state index in [2.05, 4.69) is 0 Å². The van der Waals surface area contributed by atoms with Gasteiger partial charge >= 0.3 is 0 Å². The van der Waals surface area contributed by atoms with Crippen molar-refractivity contribution in [3.05, 3.63) is 0 Å². The van der Waals surface area contributed by atoms with E-state index in [-0.39, 0.29) is 0 Å². The fraction of sp³-hybridized carbons (Fsp3) is 1.00. The molecule has 12 heavy (non-hydrogen) atoms. The Morgan fingerprint density at radius 3 is 1.33 bits per heavy atom. The lowest BCUT2D eigenvalue weighted by atomic mass is 10.00. The van der Waals surface area contributed by atoms with Crippen molar-refractivity contribution in [3.8, 4) is 0 Å². The smallest absolute Gasteiger partial charge is 0.0778 e. The number of hydrogen-bond acceptors (Lipinski definition) is 0. The van der Waals surface area contributed by atoms with Crippen molar-refractivity contribution in [1.29, 1.82) is 0 Å². The molecule has 72 valence electrons. The van der Waals surface area contributed by atoms with E-state index in [1.165, 1.54) is 12.8 Å². The third kappa shape index (κ3) is 3.30. The Hall–Kier alpha value is 2.02. The van der Waals surface area contributed by atoms with Crippen LogP contribution >= 0.6 is 58.2 Å². The van der Waals surface area contributed by atoms with Gasteiger partial charge in [-0.2, -0.15) is 0 Å². The fourth-order valence-corrected chi connectivity index (χ4v) is 7.67. The summed E-state index contributed by atoms with van der Waals surface area (Å²) < 4.78 is 0. The molecule has 0 aliphatic heterocycles. The van der Waals surface area contributed by atoms with Gasteiger partial charge in [0.25, 0.3) is 0 Å². The molecule has 0 radical (unpaired) electrons. The Bertz CT molecular complexity index is 126. The van der Waals surface area contributed by atoms with Crippen LogP contribution in [0.25, 0.3) is 0 Å². The molecule has 0 aromatic carbocycles. The van der Waals surface area contributed by atoms with Crippen LogP contribution in [0, 0.1) is 0 Å². The van der Waals surface area contributed by atoms with Crippen molar-refractivity contribution in [1.82, 2.24) is 0 Å². The quantitative estimate of drug-likeness (QED) is 0.556. The van der Waals surface area contributed by atoms with E-state index in [1.807, 2.05) is 0 Å². The molecule has 6 heteroatoms. The van der Waals surface area contributed by atoms with Crippen LogP contribution in [-0.4, -0.2) is 11.3 Å². The lowest BCUT2D eigenvalue weighted by molar-refractivity contribution is 0.524. The summed E-state index contributed by atoms with van der Waals surface area (Å²) in [5, 5.41) is 0. The summed E-state index contributed by atoms with van der Waals surface area (Å²) in [4.78, 5) is 0. The summed E-state index contributed by atoms with van der Waals surface area (Å²) in [5.41, 5.74) is 0.747. The fourth-order valence-electron chi connectivity index (χ4n) is 1.55. The van der Waals surface area contributed by atoms with Crippen LogP contribution < -0.4 is 0 Å². The zero-order chi connectivity index (χ0) is 9.14. The first-order valence-corrected chi connectivity index (χ1v) is 10.3. The maximum atomic E-state index is 5.92. The molecule has 0 saturated heterocycles. The van der Waals surface area contributed by atoms with Gasteiger partial charge in [0, 0.05) is 11.3 Å². The van der Waals surface area contributed by atoms with Crippen LogP contribution in [0.1, 0.15) is 25.7 Å². The van der Waals surface area contributed by atoms with Crippen molar-refractivity contribution in [2.45, 2.75) is 37.0 Å². The molecule has 1 saturated carbocycles. The van der Waals surface area contributed by atoms with E-state index < -0.39 is 13.3 Å². The van der Waals surface area contributed by atoms with Crippen LogP contribution in [0.2, 0.25) is 0 Å². The SMILES string of the molecule is ClP(Cl)[C@@H]1CCCC[C@H]1P(Cl)Cl. The largest absolute Gasteiger partial charge is 0.0893 e. The number of rotatable bonds is 2. The van der Waals surface area contributed by atoms with E-state index in [9.17, 15) is 0 Å². The highest BCUT2D eigenvalue weighted by molar-refractivity contribution is 8.07. The standard InChI is InChI=1S/C6H10Cl4P2/c7-11(8)5-3-1-2-4-6(5)12(9)10/h5-6H,1-4H2/t5-,6-/m1/s1. The third-order valence-corrected chi connectivity index (χ3v) is 7.68. The first kappa shape index (κ1) is 12.1. The molecule has 1 aliphatic carbocycles. The number of halogens is 4. The van der Waals surface area contributed by atoms with Crippen molar-refractivity contribution < 1.29 is 0 Å². The lowest BCUT2D eigenvalue weighted by Gasteiger charge is -2.32. The molecule has 0 unspecified atom stereocenters. The van der Waals surface area contributed by atoms with E-state index in [1.54, 1.807) is 0 Å². The van der Waals surface area contributed by atoms with Gasteiger partial charge in [0.1, 0.15) is 0 Å². The van der Waals surface area contributed by atoms with Gasteiger partial charge in [-0.05, 0) is 12.8 Å². The van der Waals surface area contributed by atoms with Crippen LogP contribution in [-0.2, 0) is 0 Å². The molecule has 1 fully saturated rings. The predicted octanol–water partition coefficient (Wildman–Crippen LogP) is 5.88. The normalized spacial score (nSPS) is 31.5. The van der Waals surface area contributed by atoms with Gasteiger partial charge in [-0.1, -0.05) is 57.8 Å². The average Bonchev–Trinajstić information content (AvgIpc) is 2.04. The van der Waals surface area contributed by atoms with E-state index >= 15 is 0 Å². The van der Waals surface area contributed by atoms with Gasteiger partial charge in [-0.25, -0.2) is 0 Å². The summed E-state index contributed by atoms with van der Waals surface area (Å²) in [6.45, 7) is -1.80. The molecular formula is C6H10Cl4P2. The molecular weight excluding hydrogens is 276 g/mol. The van der Waals surface area contributed by atoms with Crippen molar-refractivity contribution in [2.24, 2.45) is 0 Å². The molecule has 0 aromatic rings. The second kappa shape index (κ2) is 5.79. The van der Waals surface area contributed by atoms with Gasteiger partial charge in [-0.3, -0.25) is 0 Å². The minimum Gasteiger partial charge on any atom is -0.0778 e. The maximum Gasteiger partial charge on any atom is 0.0893 e. The van der Waals surface area contributed by atoms with Crippen LogP contribution in [0.4, 0.5) is 0 Å². The summed E-state index contributed by atoms with van der Waals surface area (Å²) in [6, 6.07) is 0. The van der Waals surface area contributed by atoms with E-state index in [4.69, 9.17) is 45.0 Å². The first-order chi connectivity index (χ1) is 5.63. The predicted molar refractivity (Wildman–Crippen MR) is 63.3 cm³/mol. The zero-order valence-corrected chi connectivity index (χ0v) is 11.2. The van der Waals surface area contributed by atoms with Crippen LogP contribution in [0.5, 0.6) is 0 Å². The van der Waals surface area contributed by atoms with Crippen molar-refractivity contribution >= 4 is 58.2 Å². The Morgan fingerprint density at radius 1 is 0.750 bits per heavy atom. The molecule has 1 aliphatic rings. The summed E-state index contributed by atoms with van der Waals surface area (Å²) in [7, 11) is 0. The molecule has 1 rings (SSSR count). The monoisotopic (exact) mass is 284 g/mol. The number of hydrogen-bond donors (Lipinski definition) is 0. The van der Waals surface area contributed by atoms with E-state index in [0.29, 0.717) is 11.3 Å². The minimum absolute atomic E-state index is 0.373. The molecule has 2 atom stereocenters. The summed E-state index contributed by atoms with van der Waals surface area (Å²) in [5.74, 6) is 0. The van der Waals surface area contributed by atoms with Crippen LogP contribution in [0.3, 0.4) is 0 Å². The molecule has 0 N–H and O–H groups in total. The molecule has 0 aromatic heterocycles. The Balaban J connectivity index is 2.54. The highest BCUT2D eigenvalue weighted by Gasteiger charge is 2.34. The highest BCUT2D eigenvalue weighted by atomic mass is 35.9. The molecule has 0 spiro atoms. The first-order valence-electron chi connectivity index (χ1n) is 3.84. The molecule has 0 nitrogen and oxygen atoms in total. The molecule has 0 heterocycles. The highest BCUT2D eigenvalue weighted by Crippen LogP contribution is 2.65. The third-order valence-electron chi connectivity index (χ3n) is 2.20. The second-order valence-electron chi connectivity index (χ2n) is 2.94. The zero-order valence-electron chi connectivity index (χ0n) is 6.39. The Morgan fingerprint density at radius 2 is 1.08 bits per heavy atom. The minimum atomic E-state index is -0.899. The Kier molecular flexibility index (Phi) is 5.84. The van der Waals surface area contributed by atoms with Crippen molar-refractivity contribution in [3.63, 3.8) is 0 Å². The molecule has 0 amide bonds. The van der Waals surface area contributed by atoms with Gasteiger partial charge < -0.3 is 0 Å². The average molecular weight is 286 g/mol. The van der Waals surface area contributed by atoms with E-state index in [0.717, 1.165) is 12.8 Å². The molecule has 0 bridgehead atoms. The maximum absolute atomic E-state index is 5.92. The van der Waals surface area contributed by atoms with Crippen molar-refractivity contribution in [2.75, 3.05) is 0 Å². The van der Waals surface area contributed by atoms with Gasteiger partial charge in [0.2, 0.25) is 0 Å². The second-order valence-corrected chi connectivity index (χ2v) is 10.7. The Labute approximate surface area is 94.9 Å². The van der Waals surface area contributed by atoms with Gasteiger partial charge in [0.15, 0.2) is 0 Å². The topological polar surface area (TPSA) is 0 Å². The summed E-state index contributed by atoms with van der Waals surface area (Å²) >= 11 is 23.7. The van der Waals surface area contributed by atoms with Gasteiger partial charge in [-0.15, -0.1) is 0 Å².